The highest BCUT2D eigenvalue weighted by molar-refractivity contribution is 7.27. The van der Waals surface area contributed by atoms with Crippen LogP contribution in [0.2, 0.25) is 0 Å². The number of aliphatic hydroxyl groups excluding tert-OH is 1. The molecular weight excluding hydrogens is 204 g/mol. The van der Waals surface area contributed by atoms with Gasteiger partial charge in [0, 0.05) is 6.54 Å². The van der Waals surface area contributed by atoms with E-state index in [0.717, 1.165) is 0 Å². The molecule has 0 aliphatic rings. The first-order valence-electron chi connectivity index (χ1n) is 4.10. The Morgan fingerprint density at radius 1 is 1.57 bits per heavy atom. The number of hydrogen-bond acceptors (Lipinski definition) is 2. The van der Waals surface area contributed by atoms with Gasteiger partial charge in [0.05, 0.1) is 12.2 Å². The minimum atomic E-state index is -0.562. The molecule has 0 radical (unpaired) electrons. The van der Waals surface area contributed by atoms with Crippen molar-refractivity contribution in [2.24, 2.45) is 0 Å². The van der Waals surface area contributed by atoms with Crippen molar-refractivity contribution in [1.82, 2.24) is 5.32 Å². The van der Waals surface area contributed by atoms with Crippen molar-refractivity contribution in [2.45, 2.75) is 0 Å². The van der Waals surface area contributed by atoms with Gasteiger partial charge in [-0.2, -0.15) is 0 Å². The minimum absolute atomic E-state index is 0.00551. The van der Waals surface area contributed by atoms with Gasteiger partial charge in [-0.05, 0) is 11.4 Å². The number of amides is 1. The van der Waals surface area contributed by atoms with E-state index in [1.807, 2.05) is 0 Å². The molecule has 0 saturated heterocycles. The molecule has 76 valence electrons. The summed E-state index contributed by atoms with van der Waals surface area (Å²) < 4.78 is 13.2. The molecule has 0 aromatic heterocycles. The number of halogens is 1. The monoisotopic (exact) mass is 215 g/mol. The number of hydrogen-bond donors (Lipinski definition) is 2. The molecule has 0 heterocycles. The molecule has 0 fully saturated rings. The Morgan fingerprint density at radius 2 is 2.29 bits per heavy atom. The van der Waals surface area contributed by atoms with Crippen molar-refractivity contribution in [3.05, 3.63) is 29.6 Å². The molecule has 1 rings (SSSR count). The van der Waals surface area contributed by atoms with Gasteiger partial charge >= 0.3 is 0 Å². The molecular formula is C9H11FNO2P. The Morgan fingerprint density at radius 3 is 2.86 bits per heavy atom. The lowest BCUT2D eigenvalue weighted by atomic mass is 10.2. The number of carbonyl (C=O) groups excluding carboxylic acids is 1. The molecule has 0 saturated carbocycles. The highest BCUT2D eigenvalue weighted by Crippen LogP contribution is 2.06. The van der Waals surface area contributed by atoms with Crippen molar-refractivity contribution in [1.29, 1.82) is 0 Å². The van der Waals surface area contributed by atoms with Crippen LogP contribution in [-0.4, -0.2) is 24.2 Å². The molecule has 1 amide bonds. The van der Waals surface area contributed by atoms with Crippen LogP contribution in [0.3, 0.4) is 0 Å². The predicted molar refractivity (Wildman–Crippen MR) is 55.2 cm³/mol. The summed E-state index contributed by atoms with van der Waals surface area (Å²) in [6.45, 7) is -0.0380. The summed E-state index contributed by atoms with van der Waals surface area (Å²) >= 11 is 0. The number of aliphatic hydroxyl groups is 1. The molecule has 14 heavy (non-hydrogen) atoms. The second-order valence-electron chi connectivity index (χ2n) is 2.68. The molecule has 0 spiro atoms. The predicted octanol–water partition coefficient (Wildman–Crippen LogP) is 0.0482. The summed E-state index contributed by atoms with van der Waals surface area (Å²) in [5.41, 5.74) is 0.00551. The van der Waals surface area contributed by atoms with E-state index in [9.17, 15) is 9.18 Å². The summed E-state index contributed by atoms with van der Waals surface area (Å²) in [4.78, 5) is 11.4. The fourth-order valence-corrected chi connectivity index (χ4v) is 1.42. The fourth-order valence-electron chi connectivity index (χ4n) is 1.04. The molecule has 1 unspecified atom stereocenters. The van der Waals surface area contributed by atoms with Crippen molar-refractivity contribution in [3.63, 3.8) is 0 Å². The van der Waals surface area contributed by atoms with Crippen LogP contribution in [-0.2, 0) is 0 Å². The molecule has 1 atom stereocenters. The number of nitrogens with one attached hydrogen (secondary N) is 1. The molecule has 1 aromatic carbocycles. The standard InChI is InChI=1S/C9H11FNO2P/c10-6-2-1-3-7(14)8(6)9(13)11-4-5-12/h1-3,12H,4-5,14H2,(H,11,13). The SMILES string of the molecule is O=C(NCCO)c1c(F)cccc1P. The van der Waals surface area contributed by atoms with Gasteiger partial charge in [0.1, 0.15) is 5.82 Å². The first-order chi connectivity index (χ1) is 6.66. The summed E-state index contributed by atoms with van der Waals surface area (Å²) in [5.74, 6) is -1.07. The zero-order chi connectivity index (χ0) is 10.6. The molecule has 1 aromatic rings. The maximum absolute atomic E-state index is 13.2. The van der Waals surface area contributed by atoms with E-state index < -0.39 is 11.7 Å². The van der Waals surface area contributed by atoms with E-state index in [1.54, 1.807) is 6.07 Å². The number of benzene rings is 1. The highest BCUT2D eigenvalue weighted by atomic mass is 31.0. The Kier molecular flexibility index (Phi) is 3.98. The van der Waals surface area contributed by atoms with Gasteiger partial charge in [-0.3, -0.25) is 4.79 Å². The summed E-state index contributed by atoms with van der Waals surface area (Å²) in [6, 6.07) is 4.38. The van der Waals surface area contributed by atoms with Crippen molar-refractivity contribution >= 4 is 20.5 Å². The molecule has 5 heteroatoms. The lowest BCUT2D eigenvalue weighted by molar-refractivity contribution is 0.0942. The van der Waals surface area contributed by atoms with Crippen LogP contribution >= 0.6 is 9.24 Å². The van der Waals surface area contributed by atoms with Crippen LogP contribution in [0.4, 0.5) is 4.39 Å². The third-order valence-corrected chi connectivity index (χ3v) is 2.15. The van der Waals surface area contributed by atoms with E-state index >= 15 is 0 Å². The van der Waals surface area contributed by atoms with Crippen molar-refractivity contribution in [2.75, 3.05) is 13.2 Å². The second kappa shape index (κ2) is 5.03. The molecule has 2 N–H and O–H groups in total. The minimum Gasteiger partial charge on any atom is -0.395 e. The molecule has 3 nitrogen and oxygen atoms in total. The van der Waals surface area contributed by atoms with Crippen LogP contribution in [0.15, 0.2) is 18.2 Å². The maximum atomic E-state index is 13.2. The van der Waals surface area contributed by atoms with Crippen LogP contribution < -0.4 is 10.6 Å². The topological polar surface area (TPSA) is 49.3 Å². The van der Waals surface area contributed by atoms with Gasteiger partial charge in [-0.25, -0.2) is 4.39 Å². The third-order valence-electron chi connectivity index (χ3n) is 1.67. The van der Waals surface area contributed by atoms with Gasteiger partial charge < -0.3 is 10.4 Å². The first kappa shape index (κ1) is 11.1. The molecule has 0 aliphatic carbocycles. The quantitative estimate of drug-likeness (QED) is 0.700. The van der Waals surface area contributed by atoms with Crippen LogP contribution in [0, 0.1) is 5.82 Å². The van der Waals surface area contributed by atoms with Crippen LogP contribution in [0.25, 0.3) is 0 Å². The van der Waals surface area contributed by atoms with Crippen molar-refractivity contribution in [3.8, 4) is 0 Å². The lowest BCUT2D eigenvalue weighted by Gasteiger charge is -2.06. The molecule has 0 aliphatic heterocycles. The van der Waals surface area contributed by atoms with Crippen LogP contribution in [0.1, 0.15) is 10.4 Å². The smallest absolute Gasteiger partial charge is 0.254 e. The average Bonchev–Trinajstić information content (AvgIpc) is 2.14. The normalized spacial score (nSPS) is 9.93. The zero-order valence-electron chi connectivity index (χ0n) is 7.46. The first-order valence-corrected chi connectivity index (χ1v) is 4.67. The summed E-state index contributed by atoms with van der Waals surface area (Å²) in [7, 11) is 2.29. The van der Waals surface area contributed by atoms with E-state index in [-0.39, 0.29) is 18.7 Å². The Labute approximate surface area is 83.5 Å². The summed E-state index contributed by atoms with van der Waals surface area (Å²) in [5, 5.41) is 11.4. The second-order valence-corrected chi connectivity index (χ2v) is 3.31. The van der Waals surface area contributed by atoms with Crippen LogP contribution in [0.5, 0.6) is 0 Å². The summed E-state index contributed by atoms with van der Waals surface area (Å²) in [6.07, 6.45) is 0. The lowest BCUT2D eigenvalue weighted by Crippen LogP contribution is -2.30. The Balaban J connectivity index is 2.89. The largest absolute Gasteiger partial charge is 0.395 e. The number of rotatable bonds is 3. The Bertz CT molecular complexity index is 323. The van der Waals surface area contributed by atoms with E-state index in [2.05, 4.69) is 14.6 Å². The highest BCUT2D eigenvalue weighted by Gasteiger charge is 2.13. The fraction of sp³-hybridized carbons (Fsp3) is 0.222. The number of carbonyl (C=O) groups is 1. The van der Waals surface area contributed by atoms with E-state index in [0.29, 0.717) is 5.30 Å². The van der Waals surface area contributed by atoms with Gasteiger partial charge in [-0.1, -0.05) is 12.1 Å². The third kappa shape index (κ3) is 2.50. The average molecular weight is 215 g/mol. The van der Waals surface area contributed by atoms with Gasteiger partial charge in [-0.15, -0.1) is 9.24 Å². The zero-order valence-corrected chi connectivity index (χ0v) is 8.61. The van der Waals surface area contributed by atoms with Gasteiger partial charge in [0.2, 0.25) is 0 Å². The van der Waals surface area contributed by atoms with Gasteiger partial charge in [0.25, 0.3) is 5.91 Å². The van der Waals surface area contributed by atoms with E-state index in [1.165, 1.54) is 12.1 Å². The Hall–Kier alpha value is -0.990. The molecule has 0 bridgehead atoms. The van der Waals surface area contributed by atoms with Crippen molar-refractivity contribution < 1.29 is 14.3 Å². The van der Waals surface area contributed by atoms with E-state index in [4.69, 9.17) is 5.11 Å². The maximum Gasteiger partial charge on any atom is 0.254 e. The van der Waals surface area contributed by atoms with Gasteiger partial charge in [0.15, 0.2) is 0 Å².